The zero-order chi connectivity index (χ0) is 13.7. The molecule has 2 rings (SSSR count). The Balaban J connectivity index is 1.74. The van der Waals surface area contributed by atoms with Crippen LogP contribution >= 0.6 is 0 Å². The Morgan fingerprint density at radius 3 is 2.37 bits per heavy atom. The van der Waals surface area contributed by atoms with Gasteiger partial charge in [-0.1, -0.05) is 13.3 Å². The topological polar surface area (TPSA) is 49.6 Å². The van der Waals surface area contributed by atoms with Crippen LogP contribution in [-0.4, -0.2) is 54.5 Å². The summed E-state index contributed by atoms with van der Waals surface area (Å²) in [6.45, 7) is 7.17. The predicted octanol–water partition coefficient (Wildman–Crippen LogP) is 1.45. The summed E-state index contributed by atoms with van der Waals surface area (Å²) in [6, 6.07) is 0.725. The summed E-state index contributed by atoms with van der Waals surface area (Å²) < 4.78 is 0. The third-order valence-corrected chi connectivity index (χ3v) is 4.85. The molecular weight excluding hydrogens is 238 g/mol. The molecule has 2 aliphatic rings. The number of likely N-dealkylation sites (tertiary alicyclic amines) is 2. The molecule has 1 unspecified atom stereocenters. The molecule has 4 nitrogen and oxygen atoms in total. The Morgan fingerprint density at radius 1 is 1.21 bits per heavy atom. The van der Waals surface area contributed by atoms with E-state index in [-0.39, 0.29) is 0 Å². The standard InChI is InChI=1S/C15H29N3O/c1-2-13(12-16)11-15(19)18-9-5-14(6-10-18)17-7-3-4-8-17/h13-14H,2-12,16H2,1H3. The lowest BCUT2D eigenvalue weighted by Gasteiger charge is -2.37. The molecule has 0 aromatic heterocycles. The summed E-state index contributed by atoms with van der Waals surface area (Å²) in [4.78, 5) is 16.9. The third kappa shape index (κ3) is 3.93. The van der Waals surface area contributed by atoms with Crippen LogP contribution < -0.4 is 5.73 Å². The van der Waals surface area contributed by atoms with Crippen LogP contribution in [-0.2, 0) is 4.79 Å². The highest BCUT2D eigenvalue weighted by Crippen LogP contribution is 2.22. The number of carbonyl (C=O) groups is 1. The van der Waals surface area contributed by atoms with Gasteiger partial charge in [-0.25, -0.2) is 0 Å². The van der Waals surface area contributed by atoms with Crippen molar-refractivity contribution in [3.05, 3.63) is 0 Å². The van der Waals surface area contributed by atoms with Crippen molar-refractivity contribution in [2.45, 2.75) is 51.5 Å². The highest BCUT2D eigenvalue weighted by molar-refractivity contribution is 5.76. The molecule has 0 bridgehead atoms. The van der Waals surface area contributed by atoms with Gasteiger partial charge in [0.05, 0.1) is 0 Å². The van der Waals surface area contributed by atoms with Gasteiger partial charge in [0, 0.05) is 25.6 Å². The van der Waals surface area contributed by atoms with Crippen molar-refractivity contribution in [3.63, 3.8) is 0 Å². The zero-order valence-electron chi connectivity index (χ0n) is 12.3. The molecule has 4 heteroatoms. The zero-order valence-corrected chi connectivity index (χ0v) is 12.3. The lowest BCUT2D eigenvalue weighted by atomic mass is 9.99. The van der Waals surface area contributed by atoms with Crippen LogP contribution in [0, 0.1) is 5.92 Å². The maximum absolute atomic E-state index is 12.2. The number of nitrogens with zero attached hydrogens (tertiary/aromatic N) is 2. The second-order valence-corrected chi connectivity index (χ2v) is 6.07. The highest BCUT2D eigenvalue weighted by atomic mass is 16.2. The molecule has 0 aromatic rings. The summed E-state index contributed by atoms with van der Waals surface area (Å²) in [7, 11) is 0. The van der Waals surface area contributed by atoms with Gasteiger partial charge in [-0.2, -0.15) is 0 Å². The maximum atomic E-state index is 12.2. The first-order valence-corrected chi connectivity index (χ1v) is 7.96. The number of rotatable bonds is 5. The van der Waals surface area contributed by atoms with Crippen molar-refractivity contribution in [2.75, 3.05) is 32.7 Å². The van der Waals surface area contributed by atoms with E-state index in [2.05, 4.69) is 16.7 Å². The molecule has 2 aliphatic heterocycles. The molecule has 0 aromatic carbocycles. The Bertz CT molecular complexity index is 277. The van der Waals surface area contributed by atoms with E-state index in [4.69, 9.17) is 5.73 Å². The summed E-state index contributed by atoms with van der Waals surface area (Å²) in [6.07, 6.45) is 6.67. The smallest absolute Gasteiger partial charge is 0.222 e. The van der Waals surface area contributed by atoms with Gasteiger partial charge in [0.2, 0.25) is 5.91 Å². The average molecular weight is 267 g/mol. The van der Waals surface area contributed by atoms with Crippen LogP contribution in [0.5, 0.6) is 0 Å². The molecule has 2 saturated heterocycles. The molecule has 2 fully saturated rings. The SMILES string of the molecule is CCC(CN)CC(=O)N1CCC(N2CCCC2)CC1. The number of carbonyl (C=O) groups excluding carboxylic acids is 1. The highest BCUT2D eigenvalue weighted by Gasteiger charge is 2.28. The molecule has 1 atom stereocenters. The lowest BCUT2D eigenvalue weighted by molar-refractivity contribution is -0.133. The van der Waals surface area contributed by atoms with E-state index in [9.17, 15) is 4.79 Å². The molecule has 19 heavy (non-hydrogen) atoms. The Hall–Kier alpha value is -0.610. The van der Waals surface area contributed by atoms with Gasteiger partial charge >= 0.3 is 0 Å². The second-order valence-electron chi connectivity index (χ2n) is 6.07. The van der Waals surface area contributed by atoms with Crippen LogP contribution in [0.3, 0.4) is 0 Å². The first kappa shape index (κ1) is 14.8. The molecule has 0 radical (unpaired) electrons. The van der Waals surface area contributed by atoms with Crippen LogP contribution in [0.4, 0.5) is 0 Å². The van der Waals surface area contributed by atoms with Gasteiger partial charge in [0.1, 0.15) is 0 Å². The van der Waals surface area contributed by atoms with E-state index in [1.165, 1.54) is 25.9 Å². The van der Waals surface area contributed by atoms with Crippen LogP contribution in [0.15, 0.2) is 0 Å². The molecule has 2 N–H and O–H groups in total. The number of piperidine rings is 1. The number of hydrogen-bond donors (Lipinski definition) is 1. The van der Waals surface area contributed by atoms with Gasteiger partial charge in [0.15, 0.2) is 0 Å². The van der Waals surface area contributed by atoms with Crippen LogP contribution in [0.2, 0.25) is 0 Å². The Morgan fingerprint density at radius 2 is 1.84 bits per heavy atom. The van der Waals surface area contributed by atoms with Gasteiger partial charge in [-0.05, 0) is 51.2 Å². The molecule has 1 amide bonds. The number of nitrogens with two attached hydrogens (primary N) is 1. The van der Waals surface area contributed by atoms with Crippen molar-refractivity contribution in [2.24, 2.45) is 11.7 Å². The van der Waals surface area contributed by atoms with Crippen molar-refractivity contribution in [3.8, 4) is 0 Å². The van der Waals surface area contributed by atoms with Crippen molar-refractivity contribution >= 4 is 5.91 Å². The minimum atomic E-state index is 0.317. The molecular formula is C15H29N3O. The lowest BCUT2D eigenvalue weighted by Crippen LogP contribution is -2.46. The fourth-order valence-corrected chi connectivity index (χ4v) is 3.36. The first-order chi connectivity index (χ1) is 9.24. The molecule has 0 spiro atoms. The Labute approximate surface area is 117 Å². The summed E-state index contributed by atoms with van der Waals surface area (Å²) >= 11 is 0. The van der Waals surface area contributed by atoms with Gasteiger partial charge in [-0.3, -0.25) is 4.79 Å². The van der Waals surface area contributed by atoms with E-state index in [0.717, 1.165) is 38.4 Å². The largest absolute Gasteiger partial charge is 0.343 e. The molecule has 0 aliphatic carbocycles. The third-order valence-electron chi connectivity index (χ3n) is 4.85. The van der Waals surface area contributed by atoms with Gasteiger partial charge in [-0.15, -0.1) is 0 Å². The van der Waals surface area contributed by atoms with E-state index < -0.39 is 0 Å². The van der Waals surface area contributed by atoms with Crippen molar-refractivity contribution in [1.82, 2.24) is 9.80 Å². The van der Waals surface area contributed by atoms with E-state index >= 15 is 0 Å². The average Bonchev–Trinajstić information content (AvgIpc) is 2.99. The van der Waals surface area contributed by atoms with Gasteiger partial charge in [0.25, 0.3) is 0 Å². The second kappa shape index (κ2) is 7.25. The quantitative estimate of drug-likeness (QED) is 0.820. The van der Waals surface area contributed by atoms with E-state index in [1.807, 2.05) is 0 Å². The molecule has 110 valence electrons. The predicted molar refractivity (Wildman–Crippen MR) is 77.9 cm³/mol. The fraction of sp³-hybridized carbons (Fsp3) is 0.933. The molecule has 0 saturated carbocycles. The first-order valence-electron chi connectivity index (χ1n) is 7.96. The summed E-state index contributed by atoms with van der Waals surface area (Å²) in [5.41, 5.74) is 5.69. The van der Waals surface area contributed by atoms with Crippen molar-refractivity contribution in [1.29, 1.82) is 0 Å². The minimum Gasteiger partial charge on any atom is -0.343 e. The fourth-order valence-electron chi connectivity index (χ4n) is 3.36. The number of amides is 1. The Kier molecular flexibility index (Phi) is 5.64. The monoisotopic (exact) mass is 267 g/mol. The summed E-state index contributed by atoms with van der Waals surface area (Å²) in [5, 5.41) is 0. The normalized spacial score (nSPS) is 23.8. The maximum Gasteiger partial charge on any atom is 0.222 e. The van der Waals surface area contributed by atoms with E-state index in [0.29, 0.717) is 24.8 Å². The minimum absolute atomic E-state index is 0.317. The summed E-state index contributed by atoms with van der Waals surface area (Å²) in [5.74, 6) is 0.681. The van der Waals surface area contributed by atoms with E-state index in [1.54, 1.807) is 0 Å². The van der Waals surface area contributed by atoms with Crippen molar-refractivity contribution < 1.29 is 4.79 Å². The number of hydrogen-bond acceptors (Lipinski definition) is 3. The van der Waals surface area contributed by atoms with Gasteiger partial charge < -0.3 is 15.5 Å². The molecule has 2 heterocycles. The van der Waals surface area contributed by atoms with Crippen LogP contribution in [0.25, 0.3) is 0 Å². The van der Waals surface area contributed by atoms with Crippen LogP contribution in [0.1, 0.15) is 45.4 Å².